The van der Waals surface area contributed by atoms with Gasteiger partial charge in [0.05, 0.1) is 16.7 Å². The Morgan fingerprint density at radius 1 is 1.42 bits per heavy atom. The second kappa shape index (κ2) is 5.87. The molecule has 8 heteroatoms. The molecule has 2 aliphatic rings. The van der Waals surface area contributed by atoms with Gasteiger partial charge in [-0.2, -0.15) is 0 Å². The van der Waals surface area contributed by atoms with Crippen molar-refractivity contribution in [3.05, 3.63) is 46.7 Å². The van der Waals surface area contributed by atoms with Crippen LogP contribution in [0.4, 0.5) is 4.39 Å². The molecule has 6 nitrogen and oxygen atoms in total. The van der Waals surface area contributed by atoms with E-state index in [9.17, 15) is 9.18 Å². The van der Waals surface area contributed by atoms with Gasteiger partial charge in [0.15, 0.2) is 11.5 Å². The van der Waals surface area contributed by atoms with Gasteiger partial charge in [0.2, 0.25) is 0 Å². The van der Waals surface area contributed by atoms with Crippen molar-refractivity contribution in [2.75, 3.05) is 13.2 Å². The molecule has 2 fully saturated rings. The molecule has 1 aromatic heterocycles. The maximum atomic E-state index is 13.2. The van der Waals surface area contributed by atoms with Crippen LogP contribution in [0.1, 0.15) is 18.2 Å². The van der Waals surface area contributed by atoms with E-state index in [4.69, 9.17) is 9.47 Å². The number of nitrogens with zero attached hydrogens (tertiary/aromatic N) is 2. The van der Waals surface area contributed by atoms with Gasteiger partial charge in [-0.05, 0) is 34.1 Å². The minimum Gasteiger partial charge on any atom is -0.453 e. The molecular weight excluding hydrogens is 381 g/mol. The van der Waals surface area contributed by atoms with Crippen molar-refractivity contribution in [3.63, 3.8) is 0 Å². The third-order valence-electron chi connectivity index (χ3n) is 4.24. The van der Waals surface area contributed by atoms with E-state index in [0.29, 0.717) is 34.6 Å². The van der Waals surface area contributed by atoms with E-state index in [1.54, 1.807) is 6.20 Å². The van der Waals surface area contributed by atoms with Crippen LogP contribution in [0.3, 0.4) is 0 Å². The Balaban J connectivity index is 1.65. The number of Topliss-reactive ketones (excluding diaryl/α,β-unsaturated/α-hetero) is 1. The van der Waals surface area contributed by atoms with Crippen molar-refractivity contribution in [2.24, 2.45) is 0 Å². The fourth-order valence-electron chi connectivity index (χ4n) is 3.03. The summed E-state index contributed by atoms with van der Waals surface area (Å²) in [5.41, 5.74) is 0.0472. The quantitative estimate of drug-likeness (QED) is 0.863. The summed E-state index contributed by atoms with van der Waals surface area (Å²) in [5, 5.41) is 3.25. The number of hydrogen-bond donors (Lipinski definition) is 1. The van der Waals surface area contributed by atoms with Crippen molar-refractivity contribution in [3.8, 4) is 11.5 Å². The van der Waals surface area contributed by atoms with Crippen LogP contribution in [0.25, 0.3) is 0 Å². The van der Waals surface area contributed by atoms with Crippen LogP contribution < -0.4 is 10.1 Å². The Bertz CT molecular complexity index is 819. The lowest BCUT2D eigenvalue weighted by Gasteiger charge is -2.46. The average Bonchev–Trinajstić information content (AvgIpc) is 2.95. The molecule has 2 aromatic rings. The maximum absolute atomic E-state index is 13.2. The Kier molecular flexibility index (Phi) is 3.82. The number of carbonyl (C=O) groups is 1. The molecule has 4 rings (SSSR count). The van der Waals surface area contributed by atoms with Crippen LogP contribution >= 0.6 is 15.9 Å². The van der Waals surface area contributed by atoms with Crippen LogP contribution in [-0.4, -0.2) is 34.5 Å². The third kappa shape index (κ3) is 2.60. The van der Waals surface area contributed by atoms with Crippen LogP contribution in [0.5, 0.6) is 11.5 Å². The van der Waals surface area contributed by atoms with Crippen molar-refractivity contribution >= 4 is 21.7 Å². The maximum Gasteiger partial charge on any atom is 0.169 e. The molecule has 0 aliphatic carbocycles. The summed E-state index contributed by atoms with van der Waals surface area (Å²) < 4.78 is 25.3. The Hall–Kier alpha value is -1.90. The van der Waals surface area contributed by atoms with E-state index in [0.717, 1.165) is 0 Å². The molecule has 0 saturated carbocycles. The highest BCUT2D eigenvalue weighted by molar-refractivity contribution is 9.10. The molecule has 1 spiro atoms. The smallest absolute Gasteiger partial charge is 0.169 e. The SMILES string of the molecule is O=C1COC2(CNC2c2ncncc2Oc2ccc(F)cc2Br)C1. The van der Waals surface area contributed by atoms with Gasteiger partial charge in [-0.3, -0.25) is 4.79 Å². The number of carbonyl (C=O) groups excluding carboxylic acids is 1. The van der Waals surface area contributed by atoms with E-state index in [2.05, 4.69) is 31.2 Å². The monoisotopic (exact) mass is 393 g/mol. The highest BCUT2D eigenvalue weighted by Gasteiger charge is 2.55. The van der Waals surface area contributed by atoms with Gasteiger partial charge in [0, 0.05) is 13.0 Å². The van der Waals surface area contributed by atoms with E-state index in [-0.39, 0.29) is 24.2 Å². The predicted molar refractivity (Wildman–Crippen MR) is 85.3 cm³/mol. The largest absolute Gasteiger partial charge is 0.453 e. The van der Waals surface area contributed by atoms with Crippen LogP contribution in [0, 0.1) is 5.82 Å². The number of benzene rings is 1. The van der Waals surface area contributed by atoms with Gasteiger partial charge >= 0.3 is 0 Å². The summed E-state index contributed by atoms with van der Waals surface area (Å²) in [4.78, 5) is 19.9. The van der Waals surface area contributed by atoms with E-state index < -0.39 is 5.60 Å². The summed E-state index contributed by atoms with van der Waals surface area (Å²) in [6.07, 6.45) is 3.32. The van der Waals surface area contributed by atoms with Gasteiger partial charge in [0.1, 0.15) is 35.8 Å². The first-order chi connectivity index (χ1) is 11.6. The van der Waals surface area contributed by atoms with Crippen molar-refractivity contribution < 1.29 is 18.7 Å². The average molecular weight is 394 g/mol. The lowest BCUT2D eigenvalue weighted by Crippen LogP contribution is -2.61. The van der Waals surface area contributed by atoms with Crippen molar-refractivity contribution in [1.82, 2.24) is 15.3 Å². The molecular formula is C16H13BrFN3O3. The predicted octanol–water partition coefficient (Wildman–Crippen LogP) is 2.54. The number of halogens is 2. The molecule has 1 aromatic carbocycles. The zero-order valence-corrected chi connectivity index (χ0v) is 14.0. The molecule has 0 amide bonds. The molecule has 2 aliphatic heterocycles. The number of nitrogens with one attached hydrogen (secondary N) is 1. The van der Waals surface area contributed by atoms with E-state index in [1.807, 2.05) is 0 Å². The highest BCUT2D eigenvalue weighted by atomic mass is 79.9. The first-order valence-electron chi connectivity index (χ1n) is 7.39. The van der Waals surface area contributed by atoms with Crippen LogP contribution in [-0.2, 0) is 9.53 Å². The molecule has 0 radical (unpaired) electrons. The number of ketones is 1. The van der Waals surface area contributed by atoms with E-state index in [1.165, 1.54) is 24.5 Å². The van der Waals surface area contributed by atoms with Gasteiger partial charge < -0.3 is 14.8 Å². The Morgan fingerprint density at radius 2 is 2.29 bits per heavy atom. The fraction of sp³-hybridized carbons (Fsp3) is 0.312. The first-order valence-corrected chi connectivity index (χ1v) is 8.18. The summed E-state index contributed by atoms with van der Waals surface area (Å²) in [5.74, 6) is 0.601. The molecule has 24 heavy (non-hydrogen) atoms. The third-order valence-corrected chi connectivity index (χ3v) is 4.86. The zero-order valence-electron chi connectivity index (χ0n) is 12.5. The molecule has 3 heterocycles. The number of ether oxygens (including phenoxy) is 2. The number of aromatic nitrogens is 2. The molecule has 1 N–H and O–H groups in total. The van der Waals surface area contributed by atoms with Gasteiger partial charge in [-0.15, -0.1) is 0 Å². The lowest BCUT2D eigenvalue weighted by atomic mass is 9.81. The minimum atomic E-state index is -0.566. The minimum absolute atomic E-state index is 0.0827. The summed E-state index contributed by atoms with van der Waals surface area (Å²) >= 11 is 3.27. The Labute approximate surface area is 145 Å². The van der Waals surface area contributed by atoms with Crippen LogP contribution in [0.15, 0.2) is 35.2 Å². The first kappa shape index (κ1) is 15.6. The standard InChI is InChI=1S/C16H13BrFN3O3/c17-11-3-9(18)1-2-12(11)24-13-5-19-8-21-14(13)15-16(7-20-15)4-10(22)6-23-16/h1-3,5,8,15,20H,4,6-7H2. The zero-order chi connectivity index (χ0) is 16.7. The number of rotatable bonds is 3. The van der Waals surface area contributed by atoms with Crippen molar-refractivity contribution in [1.29, 1.82) is 0 Å². The number of hydrogen-bond acceptors (Lipinski definition) is 6. The van der Waals surface area contributed by atoms with Crippen molar-refractivity contribution in [2.45, 2.75) is 18.1 Å². The molecule has 124 valence electrons. The molecule has 2 unspecified atom stereocenters. The normalized spacial score (nSPS) is 25.8. The fourth-order valence-corrected chi connectivity index (χ4v) is 3.47. The Morgan fingerprint density at radius 3 is 2.96 bits per heavy atom. The lowest BCUT2D eigenvalue weighted by molar-refractivity contribution is -0.118. The summed E-state index contributed by atoms with van der Waals surface area (Å²) in [6, 6.07) is 3.91. The van der Waals surface area contributed by atoms with Gasteiger partial charge in [-0.25, -0.2) is 14.4 Å². The molecule has 2 saturated heterocycles. The summed E-state index contributed by atoms with van der Waals surface area (Å²) in [7, 11) is 0. The van der Waals surface area contributed by atoms with Gasteiger partial charge in [-0.1, -0.05) is 0 Å². The summed E-state index contributed by atoms with van der Waals surface area (Å²) in [6.45, 7) is 0.718. The highest BCUT2D eigenvalue weighted by Crippen LogP contribution is 2.45. The van der Waals surface area contributed by atoms with E-state index >= 15 is 0 Å². The van der Waals surface area contributed by atoms with Crippen LogP contribution in [0.2, 0.25) is 0 Å². The second-order valence-electron chi connectivity index (χ2n) is 5.83. The second-order valence-corrected chi connectivity index (χ2v) is 6.69. The van der Waals surface area contributed by atoms with Gasteiger partial charge in [0.25, 0.3) is 0 Å². The molecule has 2 atom stereocenters. The topological polar surface area (TPSA) is 73.3 Å². The molecule has 0 bridgehead atoms.